The van der Waals surface area contributed by atoms with Crippen LogP contribution in [0.1, 0.15) is 27.9 Å². The van der Waals surface area contributed by atoms with Gasteiger partial charge < -0.3 is 0 Å². The molecule has 0 bridgehead atoms. The Morgan fingerprint density at radius 1 is 0.947 bits per heavy atom. The van der Waals surface area contributed by atoms with Gasteiger partial charge in [-0.2, -0.15) is 0 Å². The van der Waals surface area contributed by atoms with Crippen LogP contribution in [0.2, 0.25) is 5.02 Å². The van der Waals surface area contributed by atoms with E-state index in [9.17, 15) is 4.79 Å². The lowest BCUT2D eigenvalue weighted by atomic mass is 9.86. The number of rotatable bonds is 1. The number of hydrogen-bond acceptors (Lipinski definition) is 1. The minimum Gasteiger partial charge on any atom is -0.289 e. The summed E-state index contributed by atoms with van der Waals surface area (Å²) in [7, 11) is 0. The van der Waals surface area contributed by atoms with Crippen molar-refractivity contribution < 1.29 is 4.79 Å². The van der Waals surface area contributed by atoms with Gasteiger partial charge in [0.25, 0.3) is 0 Å². The van der Waals surface area contributed by atoms with Crippen molar-refractivity contribution >= 4 is 23.5 Å². The van der Waals surface area contributed by atoms with E-state index in [0.717, 1.165) is 35.1 Å². The van der Waals surface area contributed by atoms with E-state index < -0.39 is 0 Å². The van der Waals surface area contributed by atoms with Crippen molar-refractivity contribution in [3.8, 4) is 0 Å². The minimum absolute atomic E-state index is 0.150. The summed E-state index contributed by atoms with van der Waals surface area (Å²) in [6.45, 7) is 0. The maximum atomic E-state index is 12.4. The van der Waals surface area contributed by atoms with E-state index in [1.54, 1.807) is 0 Å². The highest BCUT2D eigenvalue weighted by atomic mass is 35.5. The van der Waals surface area contributed by atoms with Crippen LogP contribution in [0.3, 0.4) is 0 Å². The number of carbonyl (C=O) groups excluding carboxylic acids is 1. The van der Waals surface area contributed by atoms with E-state index in [4.69, 9.17) is 11.6 Å². The van der Waals surface area contributed by atoms with Gasteiger partial charge in [0.2, 0.25) is 0 Å². The van der Waals surface area contributed by atoms with Gasteiger partial charge in [0, 0.05) is 16.2 Å². The molecule has 0 heterocycles. The van der Waals surface area contributed by atoms with E-state index in [1.165, 1.54) is 0 Å². The fourth-order valence-electron chi connectivity index (χ4n) is 2.41. The molecule has 0 saturated heterocycles. The van der Waals surface area contributed by atoms with Gasteiger partial charge >= 0.3 is 0 Å². The van der Waals surface area contributed by atoms with Gasteiger partial charge in [0.05, 0.1) is 0 Å². The monoisotopic (exact) mass is 268 g/mol. The lowest BCUT2D eigenvalue weighted by Crippen LogP contribution is -2.13. The molecule has 0 atom stereocenters. The topological polar surface area (TPSA) is 17.1 Å². The van der Waals surface area contributed by atoms with Crippen molar-refractivity contribution in [2.75, 3.05) is 0 Å². The van der Waals surface area contributed by atoms with Crippen LogP contribution in [0, 0.1) is 0 Å². The first-order valence-electron chi connectivity index (χ1n) is 6.33. The van der Waals surface area contributed by atoms with Gasteiger partial charge in [0.1, 0.15) is 0 Å². The van der Waals surface area contributed by atoms with Gasteiger partial charge in [-0.05, 0) is 42.2 Å². The van der Waals surface area contributed by atoms with Gasteiger partial charge in [-0.3, -0.25) is 4.79 Å². The fraction of sp³-hybridized carbons (Fsp3) is 0.118. The molecule has 0 radical (unpaired) electrons. The van der Waals surface area contributed by atoms with Gasteiger partial charge in [-0.15, -0.1) is 0 Å². The number of benzene rings is 2. The van der Waals surface area contributed by atoms with Crippen LogP contribution in [-0.2, 0) is 6.42 Å². The average molecular weight is 269 g/mol. The summed E-state index contributed by atoms with van der Waals surface area (Å²) >= 11 is 5.86. The molecule has 0 amide bonds. The van der Waals surface area contributed by atoms with Crippen molar-refractivity contribution in [1.82, 2.24) is 0 Å². The molecule has 1 aliphatic carbocycles. The first kappa shape index (κ1) is 12.2. The Kier molecular flexibility index (Phi) is 3.22. The minimum atomic E-state index is 0.150. The molecular weight excluding hydrogens is 256 g/mol. The van der Waals surface area contributed by atoms with Crippen LogP contribution in [0.4, 0.5) is 0 Å². The molecule has 2 aromatic carbocycles. The summed E-state index contributed by atoms with van der Waals surface area (Å²) < 4.78 is 0. The molecule has 19 heavy (non-hydrogen) atoms. The zero-order chi connectivity index (χ0) is 13.2. The number of ketones is 1. The Labute approximate surface area is 117 Å². The smallest absolute Gasteiger partial charge is 0.189 e. The van der Waals surface area contributed by atoms with Gasteiger partial charge in [0.15, 0.2) is 5.78 Å². The summed E-state index contributed by atoms with van der Waals surface area (Å²) in [6, 6.07) is 15.4. The second-order valence-corrected chi connectivity index (χ2v) is 5.14. The third-order valence-electron chi connectivity index (χ3n) is 3.43. The molecule has 0 fully saturated rings. The molecule has 1 nitrogen and oxygen atoms in total. The van der Waals surface area contributed by atoms with Crippen LogP contribution in [0.5, 0.6) is 0 Å². The van der Waals surface area contributed by atoms with Crippen molar-refractivity contribution in [2.24, 2.45) is 0 Å². The fourth-order valence-corrected chi connectivity index (χ4v) is 2.54. The predicted molar refractivity (Wildman–Crippen MR) is 78.5 cm³/mol. The zero-order valence-corrected chi connectivity index (χ0v) is 11.2. The SMILES string of the molecule is O=C1/C(=C\c2ccc(Cl)cc2)CCc2ccccc21. The Morgan fingerprint density at radius 3 is 2.47 bits per heavy atom. The summed E-state index contributed by atoms with van der Waals surface area (Å²) in [4.78, 5) is 12.4. The third kappa shape index (κ3) is 2.47. The Morgan fingerprint density at radius 2 is 1.68 bits per heavy atom. The van der Waals surface area contributed by atoms with Crippen molar-refractivity contribution in [3.05, 3.63) is 75.8 Å². The number of halogens is 1. The molecule has 0 unspecified atom stereocenters. The van der Waals surface area contributed by atoms with Crippen molar-refractivity contribution in [2.45, 2.75) is 12.8 Å². The van der Waals surface area contributed by atoms with Crippen molar-refractivity contribution in [1.29, 1.82) is 0 Å². The molecule has 0 aromatic heterocycles. The molecule has 94 valence electrons. The van der Waals surface area contributed by atoms with Crippen LogP contribution in [-0.4, -0.2) is 5.78 Å². The van der Waals surface area contributed by atoms with Gasteiger partial charge in [-0.1, -0.05) is 48.0 Å². The second-order valence-electron chi connectivity index (χ2n) is 4.71. The second kappa shape index (κ2) is 5.02. The molecular formula is C17H13ClO. The number of hydrogen-bond donors (Lipinski definition) is 0. The summed E-state index contributed by atoms with van der Waals surface area (Å²) in [5, 5.41) is 0.711. The van der Waals surface area contributed by atoms with E-state index in [-0.39, 0.29) is 5.78 Å². The first-order chi connectivity index (χ1) is 9.24. The number of Topliss-reactive ketones (excluding diaryl/α,β-unsaturated/α-hetero) is 1. The van der Waals surface area contributed by atoms with Crippen LogP contribution in [0.15, 0.2) is 54.1 Å². The third-order valence-corrected chi connectivity index (χ3v) is 3.68. The number of allylic oxidation sites excluding steroid dienone is 1. The summed E-state index contributed by atoms with van der Waals surface area (Å²) in [5.41, 5.74) is 3.89. The Balaban J connectivity index is 1.96. The maximum Gasteiger partial charge on any atom is 0.189 e. The molecule has 0 saturated carbocycles. The molecule has 0 N–H and O–H groups in total. The predicted octanol–water partition coefficient (Wildman–Crippen LogP) is 4.55. The molecule has 3 rings (SSSR count). The quantitative estimate of drug-likeness (QED) is 0.694. The summed E-state index contributed by atoms with van der Waals surface area (Å²) in [5.74, 6) is 0.150. The maximum absolute atomic E-state index is 12.4. The Bertz CT molecular complexity index is 653. The highest BCUT2D eigenvalue weighted by Crippen LogP contribution is 2.26. The molecule has 0 aliphatic heterocycles. The lowest BCUT2D eigenvalue weighted by molar-refractivity contribution is 0.102. The van der Waals surface area contributed by atoms with Crippen molar-refractivity contribution in [3.63, 3.8) is 0 Å². The normalized spacial score (nSPS) is 16.5. The number of fused-ring (bicyclic) bond motifs is 1. The average Bonchev–Trinajstić information content (AvgIpc) is 2.45. The highest BCUT2D eigenvalue weighted by Gasteiger charge is 2.20. The molecule has 2 aromatic rings. The summed E-state index contributed by atoms with van der Waals surface area (Å²) in [6.07, 6.45) is 3.70. The van der Waals surface area contributed by atoms with Crippen LogP contribution < -0.4 is 0 Å². The van der Waals surface area contributed by atoms with E-state index in [0.29, 0.717) is 5.02 Å². The van der Waals surface area contributed by atoms with E-state index in [2.05, 4.69) is 0 Å². The Hall–Kier alpha value is -1.86. The first-order valence-corrected chi connectivity index (χ1v) is 6.70. The standard InChI is InChI=1S/C17H13ClO/c18-15-9-5-12(6-10-15)11-14-8-7-13-3-1-2-4-16(13)17(14)19/h1-6,9-11H,7-8H2/b14-11-. The molecule has 0 spiro atoms. The lowest BCUT2D eigenvalue weighted by Gasteiger charge is -2.17. The van der Waals surface area contributed by atoms with E-state index in [1.807, 2.05) is 54.6 Å². The highest BCUT2D eigenvalue weighted by molar-refractivity contribution is 6.30. The number of aryl methyl sites for hydroxylation is 1. The van der Waals surface area contributed by atoms with Crippen LogP contribution >= 0.6 is 11.6 Å². The molecule has 2 heteroatoms. The van der Waals surface area contributed by atoms with Crippen LogP contribution in [0.25, 0.3) is 6.08 Å². The number of carbonyl (C=O) groups is 1. The largest absolute Gasteiger partial charge is 0.289 e. The van der Waals surface area contributed by atoms with Gasteiger partial charge in [-0.25, -0.2) is 0 Å². The zero-order valence-electron chi connectivity index (χ0n) is 10.4. The van der Waals surface area contributed by atoms with E-state index >= 15 is 0 Å². The molecule has 1 aliphatic rings.